The predicted octanol–water partition coefficient (Wildman–Crippen LogP) is 2.12. The Hall–Kier alpha value is -0.260. The van der Waals surface area contributed by atoms with E-state index >= 15 is 0 Å². The first-order valence-corrected chi connectivity index (χ1v) is 3.57. The van der Waals surface area contributed by atoms with Gasteiger partial charge in [0.25, 0.3) is 0 Å². The van der Waals surface area contributed by atoms with Crippen molar-refractivity contribution in [2.24, 2.45) is 10.8 Å². The minimum atomic E-state index is 0.799. The Morgan fingerprint density at radius 3 is 1.25 bits per heavy atom. The lowest BCUT2D eigenvalue weighted by Gasteiger charge is -2.29. The molecule has 0 aliphatic heterocycles. The highest BCUT2D eigenvalue weighted by molar-refractivity contribution is 5.38. The van der Waals surface area contributed by atoms with E-state index in [2.05, 4.69) is 12.2 Å². The Balaban J connectivity index is 2.14. The quantitative estimate of drug-likeness (QED) is 0.415. The predicted molar refractivity (Wildman–Crippen MR) is 32.5 cm³/mol. The van der Waals surface area contributed by atoms with Crippen LogP contribution in [0.3, 0.4) is 0 Å². The third-order valence-corrected chi connectivity index (χ3v) is 3.29. The lowest BCUT2D eigenvalue weighted by Crippen LogP contribution is -2.20. The molecular weight excluding hydrogens is 96.1 g/mol. The SMILES string of the molecule is C1=CC2(CC2)C12CC2. The van der Waals surface area contributed by atoms with E-state index in [1.165, 1.54) is 25.7 Å². The standard InChI is InChI=1S/C8H10/c1-2-7(1)5-6-8(7)3-4-8/h5-6H,1-4H2. The van der Waals surface area contributed by atoms with Crippen molar-refractivity contribution in [3.05, 3.63) is 12.2 Å². The van der Waals surface area contributed by atoms with Gasteiger partial charge in [-0.1, -0.05) is 12.2 Å². The summed E-state index contributed by atoms with van der Waals surface area (Å²) in [6.07, 6.45) is 10.9. The lowest BCUT2D eigenvalue weighted by molar-refractivity contribution is 0.382. The Bertz CT molecular complexity index is 148. The fourth-order valence-electron chi connectivity index (χ4n) is 2.15. The van der Waals surface area contributed by atoms with E-state index in [4.69, 9.17) is 0 Å². The van der Waals surface area contributed by atoms with Gasteiger partial charge in [-0.2, -0.15) is 0 Å². The van der Waals surface area contributed by atoms with Gasteiger partial charge in [-0.05, 0) is 36.5 Å². The van der Waals surface area contributed by atoms with Crippen LogP contribution in [0.1, 0.15) is 25.7 Å². The molecule has 0 atom stereocenters. The maximum atomic E-state index is 2.44. The van der Waals surface area contributed by atoms with E-state index in [0.29, 0.717) is 0 Å². The van der Waals surface area contributed by atoms with Crippen LogP contribution in [0.25, 0.3) is 0 Å². The fourth-order valence-corrected chi connectivity index (χ4v) is 2.15. The summed E-state index contributed by atoms with van der Waals surface area (Å²) in [5.74, 6) is 0. The Morgan fingerprint density at radius 1 is 0.750 bits per heavy atom. The number of allylic oxidation sites excluding steroid dienone is 2. The molecule has 3 rings (SSSR count). The zero-order valence-electron chi connectivity index (χ0n) is 4.98. The summed E-state index contributed by atoms with van der Waals surface area (Å²) >= 11 is 0. The van der Waals surface area contributed by atoms with Gasteiger partial charge in [0.15, 0.2) is 0 Å². The Labute approximate surface area is 49.6 Å². The van der Waals surface area contributed by atoms with E-state index in [9.17, 15) is 0 Å². The third kappa shape index (κ3) is 0.195. The average Bonchev–Trinajstić information content (AvgIpc) is 2.62. The number of rotatable bonds is 0. The molecule has 2 spiro atoms. The van der Waals surface area contributed by atoms with Crippen LogP contribution in [0.2, 0.25) is 0 Å². The highest BCUT2D eigenvalue weighted by Gasteiger charge is 2.67. The molecule has 0 aromatic rings. The fraction of sp³-hybridized carbons (Fsp3) is 0.750. The van der Waals surface area contributed by atoms with Crippen molar-refractivity contribution in [2.45, 2.75) is 25.7 Å². The third-order valence-electron chi connectivity index (χ3n) is 3.29. The molecule has 0 radical (unpaired) electrons. The molecule has 0 aromatic heterocycles. The second-order valence-corrected chi connectivity index (χ2v) is 3.65. The van der Waals surface area contributed by atoms with E-state index in [1.54, 1.807) is 0 Å². The maximum absolute atomic E-state index is 2.44. The van der Waals surface area contributed by atoms with Crippen LogP contribution in [-0.4, -0.2) is 0 Å². The minimum absolute atomic E-state index is 0.799. The van der Waals surface area contributed by atoms with Crippen LogP contribution in [0.15, 0.2) is 12.2 Å². The van der Waals surface area contributed by atoms with Crippen molar-refractivity contribution < 1.29 is 0 Å². The van der Waals surface area contributed by atoms with Gasteiger partial charge in [0.1, 0.15) is 0 Å². The number of fused-ring (bicyclic) bond motifs is 1. The van der Waals surface area contributed by atoms with Crippen molar-refractivity contribution >= 4 is 0 Å². The van der Waals surface area contributed by atoms with Crippen molar-refractivity contribution in [1.82, 2.24) is 0 Å². The molecule has 3 aliphatic carbocycles. The van der Waals surface area contributed by atoms with Crippen LogP contribution in [-0.2, 0) is 0 Å². The van der Waals surface area contributed by atoms with Gasteiger partial charge < -0.3 is 0 Å². The first kappa shape index (κ1) is 3.71. The molecule has 0 bridgehead atoms. The molecule has 0 saturated heterocycles. The van der Waals surface area contributed by atoms with E-state index in [1.807, 2.05) is 0 Å². The van der Waals surface area contributed by atoms with Gasteiger partial charge in [0, 0.05) is 0 Å². The highest BCUT2D eigenvalue weighted by Crippen LogP contribution is 2.77. The van der Waals surface area contributed by atoms with E-state index in [0.717, 1.165) is 10.8 Å². The minimum Gasteiger partial charge on any atom is -0.0808 e. The van der Waals surface area contributed by atoms with E-state index in [-0.39, 0.29) is 0 Å². The summed E-state index contributed by atoms with van der Waals surface area (Å²) in [7, 11) is 0. The summed E-state index contributed by atoms with van der Waals surface area (Å²) in [4.78, 5) is 0. The number of hydrogen-bond donors (Lipinski definition) is 0. The first-order chi connectivity index (χ1) is 3.87. The molecule has 2 fully saturated rings. The maximum Gasteiger partial charge on any atom is -0.00265 e. The molecule has 0 N–H and O–H groups in total. The molecule has 0 heteroatoms. The first-order valence-electron chi connectivity index (χ1n) is 3.57. The molecule has 0 heterocycles. The molecular formula is C8H10. The van der Waals surface area contributed by atoms with E-state index < -0.39 is 0 Å². The zero-order chi connectivity index (χ0) is 5.24. The van der Waals surface area contributed by atoms with Crippen LogP contribution < -0.4 is 0 Å². The van der Waals surface area contributed by atoms with Gasteiger partial charge >= 0.3 is 0 Å². The number of hydrogen-bond acceptors (Lipinski definition) is 0. The monoisotopic (exact) mass is 106 g/mol. The lowest BCUT2D eigenvalue weighted by atomic mass is 9.75. The van der Waals surface area contributed by atoms with Crippen LogP contribution in [0.4, 0.5) is 0 Å². The molecule has 42 valence electrons. The molecule has 2 saturated carbocycles. The smallest absolute Gasteiger partial charge is 0.00265 e. The van der Waals surface area contributed by atoms with Gasteiger partial charge in [0.05, 0.1) is 0 Å². The summed E-state index contributed by atoms with van der Waals surface area (Å²) in [6, 6.07) is 0. The second-order valence-electron chi connectivity index (χ2n) is 3.65. The van der Waals surface area contributed by atoms with Gasteiger partial charge in [-0.15, -0.1) is 0 Å². The van der Waals surface area contributed by atoms with Crippen LogP contribution in [0.5, 0.6) is 0 Å². The van der Waals surface area contributed by atoms with Gasteiger partial charge in [-0.25, -0.2) is 0 Å². The van der Waals surface area contributed by atoms with Crippen molar-refractivity contribution in [2.75, 3.05) is 0 Å². The summed E-state index contributed by atoms with van der Waals surface area (Å²) in [5.41, 5.74) is 1.60. The van der Waals surface area contributed by atoms with Crippen LogP contribution >= 0.6 is 0 Å². The second kappa shape index (κ2) is 0.706. The van der Waals surface area contributed by atoms with Gasteiger partial charge in [0.2, 0.25) is 0 Å². The van der Waals surface area contributed by atoms with Crippen molar-refractivity contribution in [1.29, 1.82) is 0 Å². The molecule has 0 aromatic carbocycles. The summed E-state index contributed by atoms with van der Waals surface area (Å²) in [6.45, 7) is 0. The zero-order valence-corrected chi connectivity index (χ0v) is 4.98. The Kier molecular flexibility index (Phi) is 0.327. The largest absolute Gasteiger partial charge is 0.0808 e. The van der Waals surface area contributed by atoms with Crippen LogP contribution in [0, 0.1) is 10.8 Å². The van der Waals surface area contributed by atoms with Crippen molar-refractivity contribution in [3.8, 4) is 0 Å². The molecule has 0 nitrogen and oxygen atoms in total. The van der Waals surface area contributed by atoms with Gasteiger partial charge in [-0.3, -0.25) is 0 Å². The topological polar surface area (TPSA) is 0 Å². The molecule has 0 unspecified atom stereocenters. The average molecular weight is 106 g/mol. The summed E-state index contributed by atoms with van der Waals surface area (Å²) in [5, 5.41) is 0. The van der Waals surface area contributed by atoms with Crippen molar-refractivity contribution in [3.63, 3.8) is 0 Å². The summed E-state index contributed by atoms with van der Waals surface area (Å²) < 4.78 is 0. The Morgan fingerprint density at radius 2 is 1.12 bits per heavy atom. The highest BCUT2D eigenvalue weighted by atomic mass is 14.7. The normalized spacial score (nSPS) is 40.0. The molecule has 0 amide bonds. The molecule has 8 heavy (non-hydrogen) atoms. The molecule has 3 aliphatic rings.